The molecule has 2 aromatic heterocycles. The first kappa shape index (κ1) is 24.0. The predicted molar refractivity (Wildman–Crippen MR) is 139 cm³/mol. The number of benzene rings is 1. The van der Waals surface area contributed by atoms with Gasteiger partial charge in [-0.25, -0.2) is 9.97 Å². The van der Waals surface area contributed by atoms with Crippen LogP contribution in [0.15, 0.2) is 42.9 Å². The molecule has 2 saturated heterocycles. The van der Waals surface area contributed by atoms with Crippen LogP contribution in [0.3, 0.4) is 0 Å². The summed E-state index contributed by atoms with van der Waals surface area (Å²) < 4.78 is 0. The van der Waals surface area contributed by atoms with Crippen molar-refractivity contribution in [3.8, 4) is 0 Å². The second kappa shape index (κ2) is 10.5. The van der Waals surface area contributed by atoms with E-state index < -0.39 is 5.54 Å². The Labute approximate surface area is 210 Å². The number of rotatable bonds is 7. The van der Waals surface area contributed by atoms with E-state index in [2.05, 4.69) is 35.4 Å². The van der Waals surface area contributed by atoms with Crippen molar-refractivity contribution in [2.75, 3.05) is 50.7 Å². The molecule has 0 saturated carbocycles. The standard InChI is InChI=1S/C25H33ClN8O/c26-19-3-1-18(2-4-19)21(6-12-33-15-10-28-11-16-33)32-24(35)25(27)7-13-34(14-8-25)23-20-5-9-29-22(20)30-17-31-23/h1-5,9,17,21,28H,6-8,10-16,27H2,(H,32,35)(H,29,30,31). The van der Waals surface area contributed by atoms with Gasteiger partial charge >= 0.3 is 0 Å². The molecule has 0 radical (unpaired) electrons. The zero-order valence-electron chi connectivity index (χ0n) is 19.8. The smallest absolute Gasteiger partial charge is 0.240 e. The van der Waals surface area contributed by atoms with E-state index in [0.29, 0.717) is 31.0 Å². The maximum atomic E-state index is 13.5. The third-order valence-electron chi connectivity index (χ3n) is 7.26. The monoisotopic (exact) mass is 496 g/mol. The number of piperazine rings is 1. The summed E-state index contributed by atoms with van der Waals surface area (Å²) in [7, 11) is 0. The van der Waals surface area contributed by atoms with Gasteiger partial charge in [0.25, 0.3) is 0 Å². The Morgan fingerprint density at radius 1 is 1.11 bits per heavy atom. The summed E-state index contributed by atoms with van der Waals surface area (Å²) >= 11 is 6.12. The number of carbonyl (C=O) groups excluding carboxylic acids is 1. The van der Waals surface area contributed by atoms with Crippen molar-refractivity contribution in [1.82, 2.24) is 30.5 Å². The van der Waals surface area contributed by atoms with Crippen LogP contribution in [0.1, 0.15) is 30.9 Å². The summed E-state index contributed by atoms with van der Waals surface area (Å²) in [4.78, 5) is 30.0. The lowest BCUT2D eigenvalue weighted by molar-refractivity contribution is -0.128. The average molecular weight is 497 g/mol. The minimum Gasteiger partial charge on any atom is -0.356 e. The van der Waals surface area contributed by atoms with Crippen LogP contribution in [0.25, 0.3) is 11.0 Å². The molecular weight excluding hydrogens is 464 g/mol. The molecule has 2 fully saturated rings. The predicted octanol–water partition coefficient (Wildman–Crippen LogP) is 2.06. The fourth-order valence-corrected chi connectivity index (χ4v) is 5.15. The van der Waals surface area contributed by atoms with E-state index in [0.717, 1.165) is 61.6 Å². The summed E-state index contributed by atoms with van der Waals surface area (Å²) in [6, 6.07) is 9.61. The van der Waals surface area contributed by atoms with E-state index in [1.165, 1.54) is 0 Å². The molecule has 2 aliphatic rings. The van der Waals surface area contributed by atoms with Gasteiger partial charge in [-0.3, -0.25) is 4.79 Å². The fourth-order valence-electron chi connectivity index (χ4n) is 5.02. The summed E-state index contributed by atoms with van der Waals surface area (Å²) in [5.74, 6) is 0.792. The molecule has 2 aliphatic heterocycles. The van der Waals surface area contributed by atoms with Crippen LogP contribution in [0.5, 0.6) is 0 Å². The van der Waals surface area contributed by atoms with Crippen LogP contribution < -0.4 is 21.3 Å². The number of aromatic nitrogens is 3. The van der Waals surface area contributed by atoms with Crippen LogP contribution in [0.2, 0.25) is 5.02 Å². The van der Waals surface area contributed by atoms with Gasteiger partial charge in [0.05, 0.1) is 17.0 Å². The maximum Gasteiger partial charge on any atom is 0.240 e. The fraction of sp³-hybridized carbons (Fsp3) is 0.480. The molecule has 0 aliphatic carbocycles. The van der Waals surface area contributed by atoms with E-state index in [1.54, 1.807) is 6.33 Å². The lowest BCUT2D eigenvalue weighted by Crippen LogP contribution is -2.60. The van der Waals surface area contributed by atoms with Crippen LogP contribution in [-0.4, -0.2) is 77.1 Å². The molecule has 0 bridgehead atoms. The molecule has 5 N–H and O–H groups in total. The number of hydrogen-bond acceptors (Lipinski definition) is 7. The number of nitrogens with two attached hydrogens (primary N) is 1. The average Bonchev–Trinajstić information content (AvgIpc) is 3.37. The Bertz CT molecular complexity index is 1140. The molecule has 186 valence electrons. The molecule has 4 heterocycles. The quantitative estimate of drug-likeness (QED) is 0.395. The second-order valence-corrected chi connectivity index (χ2v) is 9.97. The lowest BCUT2D eigenvalue weighted by Gasteiger charge is -2.39. The number of aromatic amines is 1. The number of amides is 1. The van der Waals surface area contributed by atoms with Crippen molar-refractivity contribution in [3.63, 3.8) is 0 Å². The summed E-state index contributed by atoms with van der Waals surface area (Å²) in [6.07, 6.45) is 5.37. The van der Waals surface area contributed by atoms with Crippen molar-refractivity contribution in [2.24, 2.45) is 5.73 Å². The van der Waals surface area contributed by atoms with Crippen molar-refractivity contribution >= 4 is 34.4 Å². The van der Waals surface area contributed by atoms with Crippen molar-refractivity contribution in [3.05, 3.63) is 53.4 Å². The third kappa shape index (κ3) is 5.43. The van der Waals surface area contributed by atoms with Gasteiger partial charge in [-0.2, -0.15) is 0 Å². The van der Waals surface area contributed by atoms with Gasteiger partial charge in [-0.15, -0.1) is 0 Å². The van der Waals surface area contributed by atoms with E-state index in [9.17, 15) is 4.79 Å². The molecule has 3 aromatic rings. The molecule has 9 nitrogen and oxygen atoms in total. The Morgan fingerprint density at radius 2 is 1.86 bits per heavy atom. The highest BCUT2D eigenvalue weighted by molar-refractivity contribution is 6.30. The number of piperidine rings is 1. The number of nitrogens with one attached hydrogen (secondary N) is 3. The SMILES string of the molecule is NC1(C(=O)NC(CCN2CCNCC2)c2ccc(Cl)cc2)CCN(c2ncnc3[nH]ccc23)CC1. The van der Waals surface area contributed by atoms with Crippen molar-refractivity contribution in [1.29, 1.82) is 0 Å². The molecule has 1 unspecified atom stereocenters. The number of halogens is 1. The minimum atomic E-state index is -0.916. The number of fused-ring (bicyclic) bond motifs is 1. The van der Waals surface area contributed by atoms with Crippen LogP contribution in [0, 0.1) is 0 Å². The van der Waals surface area contributed by atoms with Gasteiger partial charge in [0.2, 0.25) is 5.91 Å². The molecular formula is C25H33ClN8O. The van der Waals surface area contributed by atoms with Crippen LogP contribution in [-0.2, 0) is 4.79 Å². The molecule has 1 atom stereocenters. The summed E-state index contributed by atoms with van der Waals surface area (Å²) in [5, 5.41) is 8.34. The molecule has 35 heavy (non-hydrogen) atoms. The molecule has 10 heteroatoms. The van der Waals surface area contributed by atoms with Crippen molar-refractivity contribution < 1.29 is 4.79 Å². The maximum absolute atomic E-state index is 13.5. The van der Waals surface area contributed by atoms with Gasteiger partial charge in [-0.1, -0.05) is 23.7 Å². The van der Waals surface area contributed by atoms with Crippen LogP contribution >= 0.6 is 11.6 Å². The Kier molecular flexibility index (Phi) is 7.19. The van der Waals surface area contributed by atoms with Crippen molar-refractivity contribution in [2.45, 2.75) is 30.8 Å². The van der Waals surface area contributed by atoms with E-state index in [4.69, 9.17) is 17.3 Å². The molecule has 1 amide bonds. The Morgan fingerprint density at radius 3 is 2.60 bits per heavy atom. The highest BCUT2D eigenvalue weighted by atomic mass is 35.5. The molecule has 1 aromatic carbocycles. The first-order valence-electron chi connectivity index (χ1n) is 12.3. The Hall–Kier alpha value is -2.72. The normalized spacial score (nSPS) is 19.5. The van der Waals surface area contributed by atoms with Crippen LogP contribution in [0.4, 0.5) is 5.82 Å². The second-order valence-electron chi connectivity index (χ2n) is 9.54. The zero-order chi connectivity index (χ0) is 24.3. The topological polar surface area (TPSA) is 115 Å². The highest BCUT2D eigenvalue weighted by Gasteiger charge is 2.39. The number of hydrogen-bond donors (Lipinski definition) is 4. The van der Waals surface area contributed by atoms with E-state index in [-0.39, 0.29) is 11.9 Å². The molecule has 0 spiro atoms. The number of nitrogens with zero attached hydrogens (tertiary/aromatic N) is 4. The van der Waals surface area contributed by atoms with Gasteiger partial charge in [-0.05, 0) is 43.0 Å². The first-order valence-corrected chi connectivity index (χ1v) is 12.7. The Balaban J connectivity index is 1.25. The minimum absolute atomic E-state index is 0.0908. The first-order chi connectivity index (χ1) is 17.0. The summed E-state index contributed by atoms with van der Waals surface area (Å²) in [5.41, 5.74) is 7.65. The number of anilines is 1. The highest BCUT2D eigenvalue weighted by Crippen LogP contribution is 2.29. The zero-order valence-corrected chi connectivity index (χ0v) is 20.6. The van der Waals surface area contributed by atoms with Gasteiger partial charge < -0.3 is 31.2 Å². The molecule has 5 rings (SSSR count). The van der Waals surface area contributed by atoms with Gasteiger partial charge in [0.1, 0.15) is 17.8 Å². The number of H-pyrrole nitrogens is 1. The summed E-state index contributed by atoms with van der Waals surface area (Å²) in [6.45, 7) is 6.29. The largest absolute Gasteiger partial charge is 0.356 e. The van der Waals surface area contributed by atoms with Gasteiger partial charge in [0, 0.05) is 57.0 Å². The van der Waals surface area contributed by atoms with Gasteiger partial charge in [0.15, 0.2) is 0 Å². The lowest BCUT2D eigenvalue weighted by atomic mass is 9.87. The van der Waals surface area contributed by atoms with E-state index >= 15 is 0 Å². The third-order valence-corrected chi connectivity index (χ3v) is 7.51. The number of carbonyl (C=O) groups is 1. The van der Waals surface area contributed by atoms with E-state index in [1.807, 2.05) is 36.5 Å².